The monoisotopic (exact) mass is 467 g/mol. The minimum atomic E-state index is 0.0376. The number of piperidine rings is 1. The number of methoxy groups -OCH3 is 1. The van der Waals surface area contributed by atoms with Gasteiger partial charge in [0.1, 0.15) is 0 Å². The Bertz CT molecular complexity index is 911. The van der Waals surface area contributed by atoms with Crippen LogP contribution in [0.1, 0.15) is 68.6 Å². The first kappa shape index (κ1) is 24.9. The summed E-state index contributed by atoms with van der Waals surface area (Å²) in [5.74, 6) is 1.67. The molecule has 1 amide bonds. The number of hydrogen-bond donors (Lipinski definition) is 1. The molecule has 2 aromatic rings. The number of nitrogens with zero attached hydrogens (tertiary/aromatic N) is 4. The van der Waals surface area contributed by atoms with Crippen molar-refractivity contribution in [1.29, 1.82) is 0 Å². The Hall–Kier alpha value is -2.25. The van der Waals surface area contributed by atoms with Crippen LogP contribution in [0.2, 0.25) is 0 Å². The topological polar surface area (TPSA) is 72.3 Å². The van der Waals surface area contributed by atoms with Crippen LogP contribution in [-0.2, 0) is 11.2 Å². The van der Waals surface area contributed by atoms with Crippen LogP contribution in [-0.4, -0.2) is 65.2 Å². The number of para-hydroxylation sites is 1. The summed E-state index contributed by atoms with van der Waals surface area (Å²) in [6.45, 7) is 7.81. The largest absolute Gasteiger partial charge is 0.385 e. The van der Waals surface area contributed by atoms with E-state index in [-0.39, 0.29) is 11.9 Å². The second kappa shape index (κ2) is 11.9. The van der Waals surface area contributed by atoms with E-state index in [2.05, 4.69) is 34.4 Å². The second-order valence-corrected chi connectivity index (χ2v) is 10.4. The molecule has 186 valence electrons. The van der Waals surface area contributed by atoms with Gasteiger partial charge in [0.25, 0.3) is 5.91 Å². The lowest BCUT2D eigenvalue weighted by atomic mass is 9.72. The number of benzene rings is 1. The predicted molar refractivity (Wildman–Crippen MR) is 134 cm³/mol. The fraction of sp³-hybridized carbons (Fsp3) is 0.667. The van der Waals surface area contributed by atoms with Gasteiger partial charge >= 0.3 is 0 Å². The van der Waals surface area contributed by atoms with Gasteiger partial charge in [0.15, 0.2) is 5.69 Å². The number of unbranched alkanes of at least 4 members (excludes halogenated alkanes) is 1. The Kier molecular flexibility index (Phi) is 8.73. The molecule has 2 aliphatic rings. The summed E-state index contributed by atoms with van der Waals surface area (Å²) in [5, 5.41) is 12.6. The van der Waals surface area contributed by atoms with Crippen molar-refractivity contribution in [3.8, 4) is 5.69 Å². The first-order valence-corrected chi connectivity index (χ1v) is 13.1. The van der Waals surface area contributed by atoms with Gasteiger partial charge in [-0.2, -0.15) is 0 Å². The third-order valence-corrected chi connectivity index (χ3v) is 7.42. The van der Waals surface area contributed by atoms with Crippen LogP contribution < -0.4 is 5.32 Å². The highest BCUT2D eigenvalue weighted by Crippen LogP contribution is 2.37. The minimum absolute atomic E-state index is 0.0376. The number of amides is 1. The SMILES string of the molecule is COCCCCc1c(C(=O)N(CC(C)C)[C@@H]2CNCC3CCCCC32)nnn1-c1ccccc1. The average Bonchev–Trinajstić information content (AvgIpc) is 3.29. The molecule has 1 aliphatic carbocycles. The van der Waals surface area contributed by atoms with Crippen molar-refractivity contribution in [1.82, 2.24) is 25.2 Å². The normalized spacial score (nSPS) is 22.5. The molecule has 1 aliphatic heterocycles. The molecule has 2 fully saturated rings. The van der Waals surface area contributed by atoms with E-state index in [4.69, 9.17) is 4.74 Å². The standard InChI is InChI=1S/C27H41N5O2/c1-20(2)19-31(25-18-28-17-21-11-7-8-14-23(21)25)27(33)26-24(15-9-10-16-34-3)32(30-29-26)22-12-5-4-6-13-22/h4-6,12-13,20-21,23,25,28H,7-11,14-19H2,1-3H3/t21?,23?,25-/m1/s1. The molecular formula is C27H41N5O2. The van der Waals surface area contributed by atoms with E-state index in [0.29, 0.717) is 30.1 Å². The highest BCUT2D eigenvalue weighted by Gasteiger charge is 2.41. The maximum Gasteiger partial charge on any atom is 0.276 e. The second-order valence-electron chi connectivity index (χ2n) is 10.4. The van der Waals surface area contributed by atoms with Gasteiger partial charge in [0.05, 0.1) is 11.4 Å². The van der Waals surface area contributed by atoms with Crippen LogP contribution in [0, 0.1) is 17.8 Å². The molecule has 1 saturated carbocycles. The van der Waals surface area contributed by atoms with E-state index < -0.39 is 0 Å². The number of aromatic nitrogens is 3. The number of carbonyl (C=O) groups is 1. The molecule has 0 bridgehead atoms. The summed E-state index contributed by atoms with van der Waals surface area (Å²) in [4.78, 5) is 16.3. The molecule has 2 heterocycles. The third-order valence-electron chi connectivity index (χ3n) is 7.42. The van der Waals surface area contributed by atoms with E-state index in [1.165, 1.54) is 25.7 Å². The summed E-state index contributed by atoms with van der Waals surface area (Å²) in [5.41, 5.74) is 2.36. The smallest absolute Gasteiger partial charge is 0.276 e. The fourth-order valence-corrected chi connectivity index (χ4v) is 5.81. The van der Waals surface area contributed by atoms with Crippen LogP contribution in [0.15, 0.2) is 30.3 Å². The van der Waals surface area contributed by atoms with Crippen molar-refractivity contribution in [2.75, 3.05) is 33.4 Å². The molecule has 3 atom stereocenters. The predicted octanol–water partition coefficient (Wildman–Crippen LogP) is 4.11. The van der Waals surface area contributed by atoms with Crippen LogP contribution in [0.5, 0.6) is 0 Å². The van der Waals surface area contributed by atoms with Crippen molar-refractivity contribution in [3.05, 3.63) is 41.7 Å². The molecule has 7 heteroatoms. The van der Waals surface area contributed by atoms with E-state index >= 15 is 0 Å². The molecule has 0 spiro atoms. The number of ether oxygens (including phenoxy) is 1. The Morgan fingerprint density at radius 2 is 1.97 bits per heavy atom. The molecule has 4 rings (SSSR count). The van der Waals surface area contributed by atoms with Gasteiger partial charge in [0.2, 0.25) is 0 Å². The molecule has 1 aromatic heterocycles. The van der Waals surface area contributed by atoms with E-state index in [1.807, 2.05) is 35.0 Å². The maximum atomic E-state index is 14.2. The molecule has 1 saturated heterocycles. The Labute approximate surface area is 204 Å². The van der Waals surface area contributed by atoms with Crippen molar-refractivity contribution >= 4 is 5.91 Å². The lowest BCUT2D eigenvalue weighted by Crippen LogP contribution is -2.58. The van der Waals surface area contributed by atoms with Crippen molar-refractivity contribution in [3.63, 3.8) is 0 Å². The highest BCUT2D eigenvalue weighted by atomic mass is 16.5. The first-order chi connectivity index (χ1) is 16.6. The molecule has 7 nitrogen and oxygen atoms in total. The van der Waals surface area contributed by atoms with Crippen LogP contribution in [0.3, 0.4) is 0 Å². The molecule has 2 unspecified atom stereocenters. The minimum Gasteiger partial charge on any atom is -0.385 e. The summed E-state index contributed by atoms with van der Waals surface area (Å²) in [6, 6.07) is 10.2. The van der Waals surface area contributed by atoms with E-state index in [1.54, 1.807) is 7.11 Å². The molecular weight excluding hydrogens is 426 g/mol. The van der Waals surface area contributed by atoms with E-state index in [9.17, 15) is 4.79 Å². The highest BCUT2D eigenvalue weighted by molar-refractivity contribution is 5.93. The summed E-state index contributed by atoms with van der Waals surface area (Å²) in [6.07, 6.45) is 7.69. The third kappa shape index (κ3) is 5.69. The molecule has 34 heavy (non-hydrogen) atoms. The van der Waals surface area contributed by atoms with Gasteiger partial charge < -0.3 is 15.0 Å². The number of hydrogen-bond acceptors (Lipinski definition) is 5. The van der Waals surface area contributed by atoms with Gasteiger partial charge in [-0.25, -0.2) is 4.68 Å². The quantitative estimate of drug-likeness (QED) is 0.533. The molecule has 0 radical (unpaired) electrons. The van der Waals surface area contributed by atoms with Crippen LogP contribution in [0.4, 0.5) is 0 Å². The van der Waals surface area contributed by atoms with Crippen LogP contribution in [0.25, 0.3) is 5.69 Å². The number of fused-ring (bicyclic) bond motifs is 1. The van der Waals surface area contributed by atoms with Gasteiger partial charge in [-0.15, -0.1) is 5.10 Å². The summed E-state index contributed by atoms with van der Waals surface area (Å²) < 4.78 is 7.10. The zero-order valence-corrected chi connectivity index (χ0v) is 21.1. The summed E-state index contributed by atoms with van der Waals surface area (Å²) in [7, 11) is 1.73. The molecule has 1 N–H and O–H groups in total. The van der Waals surface area contributed by atoms with Gasteiger partial charge in [-0.1, -0.05) is 50.1 Å². The average molecular weight is 468 g/mol. The molecule has 1 aromatic carbocycles. The van der Waals surface area contributed by atoms with Gasteiger partial charge in [-0.05, 0) is 68.5 Å². The Morgan fingerprint density at radius 1 is 1.18 bits per heavy atom. The fourth-order valence-electron chi connectivity index (χ4n) is 5.81. The summed E-state index contributed by atoms with van der Waals surface area (Å²) >= 11 is 0. The maximum absolute atomic E-state index is 14.2. The van der Waals surface area contributed by atoms with Crippen molar-refractivity contribution in [2.45, 2.75) is 64.8 Å². The lowest BCUT2D eigenvalue weighted by Gasteiger charge is -2.46. The van der Waals surface area contributed by atoms with Crippen molar-refractivity contribution in [2.24, 2.45) is 17.8 Å². The number of rotatable bonds is 10. The van der Waals surface area contributed by atoms with Gasteiger partial charge in [0, 0.05) is 32.8 Å². The Morgan fingerprint density at radius 3 is 2.74 bits per heavy atom. The van der Waals surface area contributed by atoms with E-state index in [0.717, 1.165) is 50.3 Å². The van der Waals surface area contributed by atoms with Crippen molar-refractivity contribution < 1.29 is 9.53 Å². The number of nitrogens with one attached hydrogen (secondary N) is 1. The van der Waals surface area contributed by atoms with Gasteiger partial charge in [-0.3, -0.25) is 4.79 Å². The lowest BCUT2D eigenvalue weighted by molar-refractivity contribution is 0.0327. The number of carbonyl (C=O) groups excluding carboxylic acids is 1. The van der Waals surface area contributed by atoms with Crippen LogP contribution >= 0.6 is 0 Å². The first-order valence-electron chi connectivity index (χ1n) is 13.1. The zero-order chi connectivity index (χ0) is 23.9. The zero-order valence-electron chi connectivity index (χ0n) is 21.1. The Balaban J connectivity index is 1.65.